The van der Waals surface area contributed by atoms with Gasteiger partial charge in [0.15, 0.2) is 11.5 Å². The number of benzene rings is 1. The van der Waals surface area contributed by atoms with E-state index in [1.54, 1.807) is 0 Å². The molecule has 0 aliphatic rings. The zero-order valence-electron chi connectivity index (χ0n) is 14.3. The summed E-state index contributed by atoms with van der Waals surface area (Å²) in [6.07, 6.45) is -7.23. The summed E-state index contributed by atoms with van der Waals surface area (Å²) in [4.78, 5) is 11.2. The molecule has 160 valence electrons. The number of rotatable bonds is 8. The number of carbonyl (C=O) groups is 1. The van der Waals surface area contributed by atoms with E-state index >= 15 is 0 Å². The van der Waals surface area contributed by atoms with Gasteiger partial charge in [0.25, 0.3) is 5.91 Å². The van der Waals surface area contributed by atoms with Crippen molar-refractivity contribution in [2.45, 2.75) is 30.4 Å². The van der Waals surface area contributed by atoms with Crippen LogP contribution in [0.3, 0.4) is 0 Å². The number of hydrogen-bond donors (Lipinski definition) is 1. The standard InChI is InChI=1S/C15H14F9NO3/c1-27-9-4-3-8(7-10(9)28-2)5-6-25-11(26)12(16,17)13(18,19)14(20,21)15(22,23)24/h3-4,7H,5-6H2,1-2H3,(H,25,26). The monoisotopic (exact) mass is 427 g/mol. The summed E-state index contributed by atoms with van der Waals surface area (Å²) in [7, 11) is 2.61. The second-order valence-corrected chi connectivity index (χ2v) is 5.42. The predicted molar refractivity (Wildman–Crippen MR) is 77.2 cm³/mol. The molecule has 4 nitrogen and oxygen atoms in total. The van der Waals surface area contributed by atoms with Crippen molar-refractivity contribution in [3.05, 3.63) is 23.8 Å². The van der Waals surface area contributed by atoms with Crippen LogP contribution >= 0.6 is 0 Å². The van der Waals surface area contributed by atoms with Crippen LogP contribution in [0.1, 0.15) is 5.56 Å². The lowest BCUT2D eigenvalue weighted by Crippen LogP contribution is -2.65. The Morgan fingerprint density at radius 3 is 1.89 bits per heavy atom. The van der Waals surface area contributed by atoms with Crippen LogP contribution in [0.15, 0.2) is 18.2 Å². The molecule has 0 fully saturated rings. The smallest absolute Gasteiger partial charge is 0.460 e. The lowest BCUT2D eigenvalue weighted by Gasteiger charge is -2.32. The third-order valence-electron chi connectivity index (χ3n) is 3.58. The Morgan fingerprint density at radius 1 is 0.893 bits per heavy atom. The molecule has 0 unspecified atom stereocenters. The van der Waals surface area contributed by atoms with Crippen molar-refractivity contribution in [3.63, 3.8) is 0 Å². The highest BCUT2D eigenvalue weighted by molar-refractivity contribution is 5.84. The van der Waals surface area contributed by atoms with Gasteiger partial charge in [-0.3, -0.25) is 4.79 Å². The number of ether oxygens (including phenoxy) is 2. The first-order valence-corrected chi connectivity index (χ1v) is 7.32. The van der Waals surface area contributed by atoms with Crippen LogP contribution in [0.2, 0.25) is 0 Å². The van der Waals surface area contributed by atoms with E-state index in [1.165, 1.54) is 37.7 Å². The van der Waals surface area contributed by atoms with Crippen LogP contribution < -0.4 is 14.8 Å². The van der Waals surface area contributed by atoms with E-state index in [-0.39, 0.29) is 12.2 Å². The number of hydrogen-bond acceptors (Lipinski definition) is 3. The first-order valence-electron chi connectivity index (χ1n) is 7.32. The predicted octanol–water partition coefficient (Wildman–Crippen LogP) is 3.83. The molecule has 0 radical (unpaired) electrons. The van der Waals surface area contributed by atoms with E-state index in [0.717, 1.165) is 0 Å². The summed E-state index contributed by atoms with van der Waals surface area (Å²) in [6, 6.07) is 4.16. The zero-order valence-corrected chi connectivity index (χ0v) is 14.3. The topological polar surface area (TPSA) is 47.6 Å². The first kappa shape index (κ1) is 23.7. The second-order valence-electron chi connectivity index (χ2n) is 5.42. The number of amides is 1. The van der Waals surface area contributed by atoms with Crippen molar-refractivity contribution in [1.29, 1.82) is 0 Å². The lowest BCUT2D eigenvalue weighted by atomic mass is 10.0. The molecule has 13 heteroatoms. The molecule has 1 amide bonds. The van der Waals surface area contributed by atoms with Crippen LogP contribution in [0.4, 0.5) is 39.5 Å². The van der Waals surface area contributed by atoms with Crippen molar-refractivity contribution >= 4 is 5.91 Å². The van der Waals surface area contributed by atoms with Gasteiger partial charge < -0.3 is 14.8 Å². The highest BCUT2D eigenvalue weighted by Gasteiger charge is 2.83. The fourth-order valence-electron chi connectivity index (χ4n) is 1.99. The number of nitrogens with one attached hydrogen (secondary N) is 1. The Balaban J connectivity index is 2.87. The lowest BCUT2D eigenvalue weighted by molar-refractivity contribution is -0.388. The highest BCUT2D eigenvalue weighted by Crippen LogP contribution is 2.53. The number of alkyl halides is 9. The van der Waals surface area contributed by atoms with Crippen LogP contribution in [0.5, 0.6) is 11.5 Å². The summed E-state index contributed by atoms with van der Waals surface area (Å²) >= 11 is 0. The van der Waals surface area contributed by atoms with Gasteiger partial charge in [0.1, 0.15) is 0 Å². The van der Waals surface area contributed by atoms with Gasteiger partial charge in [0, 0.05) is 6.54 Å². The van der Waals surface area contributed by atoms with Gasteiger partial charge in [-0.25, -0.2) is 0 Å². The summed E-state index contributed by atoms with van der Waals surface area (Å²) in [5.74, 6) is -22.9. The first-order chi connectivity index (χ1) is 12.6. The maximum absolute atomic E-state index is 13.4. The minimum Gasteiger partial charge on any atom is -0.493 e. The molecule has 1 N–H and O–H groups in total. The van der Waals surface area contributed by atoms with Gasteiger partial charge in [0.2, 0.25) is 0 Å². The van der Waals surface area contributed by atoms with Gasteiger partial charge in [0.05, 0.1) is 14.2 Å². The third kappa shape index (κ3) is 4.22. The van der Waals surface area contributed by atoms with E-state index in [4.69, 9.17) is 9.47 Å². The van der Waals surface area contributed by atoms with Gasteiger partial charge in [-0.1, -0.05) is 6.07 Å². The van der Waals surface area contributed by atoms with Crippen LogP contribution in [-0.4, -0.2) is 50.6 Å². The number of halogens is 9. The Labute approximate surface area is 152 Å². The summed E-state index contributed by atoms with van der Waals surface area (Å²) in [6.45, 7) is -0.752. The molecule has 0 aromatic heterocycles. The SMILES string of the molecule is COc1ccc(CCNC(=O)C(F)(F)C(F)(F)C(F)(F)C(F)(F)F)cc1OC. The summed E-state index contributed by atoms with van der Waals surface area (Å²) in [5.41, 5.74) is 0.341. The van der Waals surface area contributed by atoms with E-state index in [2.05, 4.69) is 0 Å². The molecular formula is C15H14F9NO3. The third-order valence-corrected chi connectivity index (χ3v) is 3.58. The van der Waals surface area contributed by atoms with Gasteiger partial charge in [-0.05, 0) is 24.1 Å². The largest absolute Gasteiger partial charge is 0.493 e. The Kier molecular flexibility index (Phi) is 6.73. The van der Waals surface area contributed by atoms with Crippen molar-refractivity contribution in [3.8, 4) is 11.5 Å². The maximum atomic E-state index is 13.4. The molecule has 0 bridgehead atoms. The molecule has 0 atom stereocenters. The minimum absolute atomic E-state index is 0.216. The van der Waals surface area contributed by atoms with Crippen molar-refractivity contribution in [1.82, 2.24) is 5.32 Å². The molecule has 0 saturated carbocycles. The Morgan fingerprint density at radius 2 is 1.43 bits per heavy atom. The van der Waals surface area contributed by atoms with E-state index in [9.17, 15) is 44.3 Å². The van der Waals surface area contributed by atoms with E-state index < -0.39 is 36.4 Å². The quantitative estimate of drug-likeness (QED) is 0.642. The number of carbonyl (C=O) groups excluding carboxylic acids is 1. The van der Waals surface area contributed by atoms with Crippen LogP contribution in [-0.2, 0) is 11.2 Å². The number of methoxy groups -OCH3 is 2. The van der Waals surface area contributed by atoms with Gasteiger partial charge in [-0.15, -0.1) is 0 Å². The second kappa shape index (κ2) is 7.95. The molecule has 1 aromatic carbocycles. The highest BCUT2D eigenvalue weighted by atomic mass is 19.4. The maximum Gasteiger partial charge on any atom is 0.460 e. The normalized spacial score (nSPS) is 13.2. The van der Waals surface area contributed by atoms with Crippen molar-refractivity contribution in [2.24, 2.45) is 0 Å². The molecule has 1 aromatic rings. The summed E-state index contributed by atoms with van der Waals surface area (Å²) < 4.78 is 124. The fourth-order valence-corrected chi connectivity index (χ4v) is 1.99. The fraction of sp³-hybridized carbons (Fsp3) is 0.533. The molecule has 1 rings (SSSR count). The molecule has 0 spiro atoms. The molecule has 0 heterocycles. The Hall–Kier alpha value is -2.34. The molecular weight excluding hydrogens is 413 g/mol. The molecule has 0 aliphatic carbocycles. The minimum atomic E-state index is -7.12. The van der Waals surface area contributed by atoms with E-state index in [0.29, 0.717) is 11.3 Å². The average Bonchev–Trinajstić information content (AvgIpc) is 2.59. The van der Waals surface area contributed by atoms with Crippen molar-refractivity contribution < 1.29 is 53.8 Å². The average molecular weight is 427 g/mol. The van der Waals surface area contributed by atoms with Crippen LogP contribution in [0, 0.1) is 0 Å². The van der Waals surface area contributed by atoms with E-state index in [1.807, 2.05) is 0 Å². The molecule has 0 aliphatic heterocycles. The van der Waals surface area contributed by atoms with Crippen LogP contribution in [0.25, 0.3) is 0 Å². The Bertz CT molecular complexity index is 704. The molecule has 28 heavy (non-hydrogen) atoms. The summed E-state index contributed by atoms with van der Waals surface area (Å²) in [5, 5.41) is 1.23. The molecule has 0 saturated heterocycles. The van der Waals surface area contributed by atoms with Crippen molar-refractivity contribution in [2.75, 3.05) is 20.8 Å². The van der Waals surface area contributed by atoms with Gasteiger partial charge >= 0.3 is 23.9 Å². The zero-order chi connectivity index (χ0) is 22.0. The van der Waals surface area contributed by atoms with Gasteiger partial charge in [-0.2, -0.15) is 39.5 Å².